The fourth-order valence-corrected chi connectivity index (χ4v) is 2.41. The molecule has 3 N–H and O–H groups in total. The van der Waals surface area contributed by atoms with Crippen LogP contribution in [0.25, 0.3) is 10.8 Å². The number of hydrogen-bond acceptors (Lipinski definition) is 2. The Labute approximate surface area is 124 Å². The molecule has 0 unspecified atom stereocenters. The summed E-state index contributed by atoms with van der Waals surface area (Å²) in [6.07, 6.45) is 0.673. The summed E-state index contributed by atoms with van der Waals surface area (Å²) in [5.74, 6) is 6.38. The predicted molar refractivity (Wildman–Crippen MR) is 88.5 cm³/mol. The summed E-state index contributed by atoms with van der Waals surface area (Å²) in [7, 11) is 0. The van der Waals surface area contributed by atoms with E-state index in [1.165, 1.54) is 16.3 Å². The monoisotopic (exact) mass is 275 g/mol. The Morgan fingerprint density at radius 2 is 1.57 bits per heavy atom. The number of nitrogens with one attached hydrogen (secondary N) is 1. The summed E-state index contributed by atoms with van der Waals surface area (Å²) in [6, 6.07) is 24.4. The highest BCUT2D eigenvalue weighted by molar-refractivity contribution is 5.92. The van der Waals surface area contributed by atoms with Crippen LogP contribution < -0.4 is 11.3 Å². The molecular formula is C18H17N3. The molecule has 0 atom stereocenters. The lowest BCUT2D eigenvalue weighted by atomic mass is 10.0. The van der Waals surface area contributed by atoms with E-state index in [4.69, 9.17) is 5.84 Å². The van der Waals surface area contributed by atoms with E-state index in [0.29, 0.717) is 6.42 Å². The van der Waals surface area contributed by atoms with Crippen molar-refractivity contribution in [2.24, 2.45) is 10.8 Å². The number of rotatable bonds is 3. The van der Waals surface area contributed by atoms with Gasteiger partial charge in [-0.2, -0.15) is 0 Å². The van der Waals surface area contributed by atoms with Crippen LogP contribution in [0.5, 0.6) is 0 Å². The molecule has 0 radical (unpaired) electrons. The van der Waals surface area contributed by atoms with E-state index in [1.807, 2.05) is 36.4 Å². The third kappa shape index (κ3) is 3.09. The van der Waals surface area contributed by atoms with Gasteiger partial charge in [0.05, 0.1) is 5.69 Å². The second-order valence-corrected chi connectivity index (χ2v) is 4.85. The molecule has 0 aliphatic carbocycles. The normalized spacial score (nSPS) is 11.6. The fourth-order valence-electron chi connectivity index (χ4n) is 2.41. The lowest BCUT2D eigenvalue weighted by Crippen LogP contribution is -2.31. The molecule has 21 heavy (non-hydrogen) atoms. The van der Waals surface area contributed by atoms with Crippen molar-refractivity contribution in [2.75, 3.05) is 0 Å². The highest BCUT2D eigenvalue weighted by Gasteiger charge is 2.04. The Hall–Kier alpha value is -2.65. The molecule has 104 valence electrons. The van der Waals surface area contributed by atoms with Crippen LogP contribution in [0, 0.1) is 0 Å². The maximum atomic E-state index is 5.63. The third-order valence-electron chi connectivity index (χ3n) is 3.42. The first kappa shape index (κ1) is 13.3. The van der Waals surface area contributed by atoms with Gasteiger partial charge in [-0.3, -0.25) is 0 Å². The van der Waals surface area contributed by atoms with Crippen molar-refractivity contribution in [3.63, 3.8) is 0 Å². The number of benzene rings is 3. The number of hydrogen-bond donors (Lipinski definition) is 2. The second kappa shape index (κ2) is 6.20. The van der Waals surface area contributed by atoms with E-state index in [9.17, 15) is 0 Å². The van der Waals surface area contributed by atoms with E-state index in [1.54, 1.807) is 0 Å². The molecule has 0 spiro atoms. The number of para-hydroxylation sites is 1. The van der Waals surface area contributed by atoms with E-state index >= 15 is 0 Å². The van der Waals surface area contributed by atoms with Crippen molar-refractivity contribution < 1.29 is 0 Å². The SMILES string of the molecule is NNC(Cc1cccc2ccccc12)=Nc1ccccc1. The van der Waals surface area contributed by atoms with E-state index < -0.39 is 0 Å². The van der Waals surface area contributed by atoms with Gasteiger partial charge in [-0.1, -0.05) is 60.7 Å². The molecule has 3 heteroatoms. The number of aliphatic imine (C=N–C) groups is 1. The zero-order valence-corrected chi connectivity index (χ0v) is 11.7. The summed E-state index contributed by atoms with van der Waals surface area (Å²) in [4.78, 5) is 4.56. The first-order valence-electron chi connectivity index (χ1n) is 6.93. The quantitative estimate of drug-likeness (QED) is 0.332. The summed E-state index contributed by atoms with van der Waals surface area (Å²) in [5.41, 5.74) is 4.82. The van der Waals surface area contributed by atoms with Gasteiger partial charge in [-0.15, -0.1) is 0 Å². The predicted octanol–water partition coefficient (Wildman–Crippen LogP) is 3.58. The van der Waals surface area contributed by atoms with Crippen molar-refractivity contribution >= 4 is 22.3 Å². The van der Waals surface area contributed by atoms with Crippen molar-refractivity contribution in [3.8, 4) is 0 Å². The van der Waals surface area contributed by atoms with Crippen LogP contribution in [0.3, 0.4) is 0 Å². The van der Waals surface area contributed by atoms with Gasteiger partial charge < -0.3 is 5.43 Å². The standard InChI is InChI=1S/C18H17N3/c19-21-18(20-16-10-2-1-3-11-16)13-15-9-6-8-14-7-4-5-12-17(14)15/h1-12H,13,19H2,(H,20,21). The molecular weight excluding hydrogens is 258 g/mol. The van der Waals surface area contributed by atoms with Crippen LogP contribution in [0.2, 0.25) is 0 Å². The maximum absolute atomic E-state index is 5.63. The Bertz CT molecular complexity index is 758. The molecule has 3 rings (SSSR count). The molecule has 3 nitrogen and oxygen atoms in total. The fraction of sp³-hybridized carbons (Fsp3) is 0.0556. The first-order valence-corrected chi connectivity index (χ1v) is 6.93. The molecule has 0 bridgehead atoms. The smallest absolute Gasteiger partial charge is 0.121 e. The first-order chi connectivity index (χ1) is 10.4. The van der Waals surface area contributed by atoms with E-state index in [-0.39, 0.29) is 0 Å². The van der Waals surface area contributed by atoms with Crippen molar-refractivity contribution in [1.29, 1.82) is 0 Å². The number of amidine groups is 1. The minimum absolute atomic E-state index is 0.673. The molecule has 3 aromatic carbocycles. The van der Waals surface area contributed by atoms with Crippen LogP contribution in [0.15, 0.2) is 77.8 Å². The number of fused-ring (bicyclic) bond motifs is 1. The van der Waals surface area contributed by atoms with Gasteiger partial charge in [-0.05, 0) is 28.5 Å². The van der Waals surface area contributed by atoms with Gasteiger partial charge in [0.15, 0.2) is 0 Å². The van der Waals surface area contributed by atoms with Gasteiger partial charge in [-0.25, -0.2) is 10.8 Å². The average Bonchev–Trinajstić information content (AvgIpc) is 2.55. The topological polar surface area (TPSA) is 50.4 Å². The molecule has 3 aromatic rings. The Morgan fingerprint density at radius 3 is 2.38 bits per heavy atom. The Balaban J connectivity index is 1.95. The van der Waals surface area contributed by atoms with Gasteiger partial charge in [0, 0.05) is 6.42 Å². The molecule has 0 aromatic heterocycles. The Kier molecular flexibility index (Phi) is 3.94. The van der Waals surface area contributed by atoms with Gasteiger partial charge in [0.1, 0.15) is 5.84 Å². The van der Waals surface area contributed by atoms with Crippen molar-refractivity contribution in [3.05, 3.63) is 78.4 Å². The zero-order chi connectivity index (χ0) is 14.5. The number of hydrazine groups is 1. The Morgan fingerprint density at radius 1 is 0.857 bits per heavy atom. The van der Waals surface area contributed by atoms with Gasteiger partial charge >= 0.3 is 0 Å². The highest BCUT2D eigenvalue weighted by atomic mass is 15.2. The maximum Gasteiger partial charge on any atom is 0.121 e. The molecule has 0 aliphatic heterocycles. The lowest BCUT2D eigenvalue weighted by molar-refractivity contribution is 0.990. The lowest BCUT2D eigenvalue weighted by Gasteiger charge is -2.09. The van der Waals surface area contributed by atoms with Gasteiger partial charge in [0.25, 0.3) is 0 Å². The van der Waals surface area contributed by atoms with Crippen molar-refractivity contribution in [2.45, 2.75) is 6.42 Å². The summed E-state index contributed by atoms with van der Waals surface area (Å²) in [5, 5.41) is 2.46. The largest absolute Gasteiger partial charge is 0.312 e. The van der Waals surface area contributed by atoms with Crippen LogP contribution in [-0.2, 0) is 6.42 Å². The summed E-state index contributed by atoms with van der Waals surface area (Å²) < 4.78 is 0. The summed E-state index contributed by atoms with van der Waals surface area (Å²) >= 11 is 0. The molecule has 0 saturated carbocycles. The van der Waals surface area contributed by atoms with E-state index in [0.717, 1.165) is 11.5 Å². The average molecular weight is 275 g/mol. The third-order valence-corrected chi connectivity index (χ3v) is 3.42. The second-order valence-electron chi connectivity index (χ2n) is 4.85. The number of nitrogens with two attached hydrogens (primary N) is 1. The van der Waals surface area contributed by atoms with Crippen LogP contribution in [-0.4, -0.2) is 5.84 Å². The van der Waals surface area contributed by atoms with Crippen LogP contribution >= 0.6 is 0 Å². The highest BCUT2D eigenvalue weighted by Crippen LogP contribution is 2.19. The molecule has 0 saturated heterocycles. The van der Waals surface area contributed by atoms with Crippen LogP contribution in [0.1, 0.15) is 5.56 Å². The molecule has 0 fully saturated rings. The van der Waals surface area contributed by atoms with Gasteiger partial charge in [0.2, 0.25) is 0 Å². The minimum atomic E-state index is 0.673. The summed E-state index contributed by atoms with van der Waals surface area (Å²) in [6.45, 7) is 0. The van der Waals surface area contributed by atoms with Crippen molar-refractivity contribution in [1.82, 2.24) is 5.43 Å². The molecule has 0 aliphatic rings. The number of nitrogens with zero attached hydrogens (tertiary/aromatic N) is 1. The zero-order valence-electron chi connectivity index (χ0n) is 11.7. The molecule has 0 heterocycles. The van der Waals surface area contributed by atoms with Crippen LogP contribution in [0.4, 0.5) is 5.69 Å². The molecule has 0 amide bonds. The minimum Gasteiger partial charge on any atom is -0.312 e. The van der Waals surface area contributed by atoms with E-state index in [2.05, 4.69) is 46.8 Å².